The van der Waals surface area contributed by atoms with E-state index < -0.39 is 11.7 Å². The second-order valence-electron chi connectivity index (χ2n) is 4.97. The summed E-state index contributed by atoms with van der Waals surface area (Å²) in [6, 6.07) is 17.0. The highest BCUT2D eigenvalue weighted by atomic mass is 79.9. The average Bonchev–Trinajstić information content (AvgIpc) is 2.59. The van der Waals surface area contributed by atoms with Crippen molar-refractivity contribution in [2.24, 2.45) is 0 Å². The van der Waals surface area contributed by atoms with Gasteiger partial charge in [0.05, 0.1) is 11.4 Å². The maximum atomic E-state index is 13.6. The number of para-hydroxylation sites is 2. The van der Waals surface area contributed by atoms with E-state index in [0.29, 0.717) is 5.69 Å². The van der Waals surface area contributed by atoms with Crippen LogP contribution in [-0.4, -0.2) is 10.9 Å². The Morgan fingerprint density at radius 2 is 1.71 bits per heavy atom. The molecule has 4 nitrogen and oxygen atoms in total. The summed E-state index contributed by atoms with van der Waals surface area (Å²) in [6.45, 7) is 0. The first-order valence-corrected chi connectivity index (χ1v) is 7.96. The summed E-state index contributed by atoms with van der Waals surface area (Å²) in [5.74, 6) is -0.968. The van der Waals surface area contributed by atoms with Crippen molar-refractivity contribution in [1.29, 1.82) is 0 Å². The number of carbonyl (C=O) groups excluding carboxylic acids is 1. The molecular weight excluding hydrogens is 373 g/mol. The lowest BCUT2D eigenvalue weighted by Gasteiger charge is -2.10. The van der Waals surface area contributed by atoms with Gasteiger partial charge in [0, 0.05) is 16.4 Å². The van der Waals surface area contributed by atoms with Crippen LogP contribution in [0.15, 0.2) is 71.3 Å². The number of halogens is 2. The number of amides is 1. The fraction of sp³-hybridized carbons (Fsp3) is 0. The largest absolute Gasteiger partial charge is 0.354 e. The Morgan fingerprint density at radius 3 is 2.46 bits per heavy atom. The van der Waals surface area contributed by atoms with E-state index in [9.17, 15) is 9.18 Å². The number of nitrogens with one attached hydrogen (secondary N) is 2. The number of rotatable bonds is 4. The van der Waals surface area contributed by atoms with Crippen molar-refractivity contribution in [3.8, 4) is 0 Å². The number of aromatic nitrogens is 1. The first kappa shape index (κ1) is 16.1. The lowest BCUT2D eigenvalue weighted by atomic mass is 10.2. The number of carbonyl (C=O) groups is 1. The molecule has 2 aromatic carbocycles. The van der Waals surface area contributed by atoms with Gasteiger partial charge in [-0.15, -0.1) is 0 Å². The number of pyridine rings is 1. The molecule has 6 heteroatoms. The Bertz CT molecular complexity index is 885. The van der Waals surface area contributed by atoms with Gasteiger partial charge < -0.3 is 10.6 Å². The first-order valence-electron chi connectivity index (χ1n) is 7.17. The van der Waals surface area contributed by atoms with Crippen LogP contribution in [0.5, 0.6) is 0 Å². The zero-order valence-corrected chi connectivity index (χ0v) is 14.0. The lowest BCUT2D eigenvalue weighted by molar-refractivity contribution is 0.102. The van der Waals surface area contributed by atoms with E-state index >= 15 is 0 Å². The Labute approximate surface area is 146 Å². The van der Waals surface area contributed by atoms with E-state index in [1.54, 1.807) is 24.3 Å². The molecule has 0 aliphatic heterocycles. The van der Waals surface area contributed by atoms with Crippen molar-refractivity contribution in [1.82, 2.24) is 4.98 Å². The molecule has 3 rings (SSSR count). The van der Waals surface area contributed by atoms with Crippen LogP contribution in [0.3, 0.4) is 0 Å². The molecule has 0 saturated carbocycles. The molecule has 0 aliphatic rings. The minimum atomic E-state index is -0.492. The molecule has 1 heterocycles. The second-order valence-corrected chi connectivity index (χ2v) is 5.82. The summed E-state index contributed by atoms with van der Waals surface area (Å²) >= 11 is 3.45. The molecule has 24 heavy (non-hydrogen) atoms. The molecule has 0 spiro atoms. The fourth-order valence-corrected chi connectivity index (χ4v) is 2.48. The van der Waals surface area contributed by atoms with Crippen LogP contribution in [0.1, 0.15) is 10.5 Å². The molecule has 0 radical (unpaired) electrons. The highest BCUT2D eigenvalue weighted by molar-refractivity contribution is 9.10. The third-order valence-corrected chi connectivity index (χ3v) is 3.96. The summed E-state index contributed by atoms with van der Waals surface area (Å²) in [6.07, 6.45) is 1.52. The SMILES string of the molecule is O=C(Nc1ccccc1F)c1cc(Nc2ccccc2Br)ccn1. The normalized spacial score (nSPS) is 10.2. The number of anilines is 3. The predicted molar refractivity (Wildman–Crippen MR) is 96.0 cm³/mol. The molecule has 0 fully saturated rings. The Kier molecular flexibility index (Phi) is 4.86. The van der Waals surface area contributed by atoms with Gasteiger partial charge in [0.2, 0.25) is 0 Å². The van der Waals surface area contributed by atoms with Crippen molar-refractivity contribution in [2.75, 3.05) is 10.6 Å². The number of benzene rings is 2. The smallest absolute Gasteiger partial charge is 0.274 e. The van der Waals surface area contributed by atoms with Crippen LogP contribution in [0.25, 0.3) is 0 Å². The Morgan fingerprint density at radius 1 is 1.00 bits per heavy atom. The number of hydrogen-bond donors (Lipinski definition) is 2. The zero-order chi connectivity index (χ0) is 16.9. The molecule has 2 N–H and O–H groups in total. The standard InChI is InChI=1S/C18H13BrFN3O/c19-13-5-1-3-7-15(13)22-12-9-10-21-17(11-12)18(24)23-16-8-4-2-6-14(16)20/h1-11H,(H,21,22)(H,23,24). The van der Waals surface area contributed by atoms with Crippen LogP contribution in [0.2, 0.25) is 0 Å². The van der Waals surface area contributed by atoms with Crippen LogP contribution < -0.4 is 10.6 Å². The topological polar surface area (TPSA) is 54.0 Å². The van der Waals surface area contributed by atoms with E-state index in [1.165, 1.54) is 18.3 Å². The van der Waals surface area contributed by atoms with Gasteiger partial charge in [-0.25, -0.2) is 4.39 Å². The zero-order valence-electron chi connectivity index (χ0n) is 12.5. The molecule has 1 aromatic heterocycles. The van der Waals surface area contributed by atoms with E-state index in [1.807, 2.05) is 24.3 Å². The minimum absolute atomic E-state index is 0.119. The van der Waals surface area contributed by atoms with Crippen molar-refractivity contribution in [2.45, 2.75) is 0 Å². The summed E-state index contributed by atoms with van der Waals surface area (Å²) < 4.78 is 14.5. The van der Waals surface area contributed by atoms with Gasteiger partial charge >= 0.3 is 0 Å². The van der Waals surface area contributed by atoms with Gasteiger partial charge in [0.25, 0.3) is 5.91 Å². The van der Waals surface area contributed by atoms with Gasteiger partial charge in [0.15, 0.2) is 0 Å². The van der Waals surface area contributed by atoms with E-state index in [0.717, 1.165) is 10.2 Å². The summed E-state index contributed by atoms with van der Waals surface area (Å²) in [5.41, 5.74) is 1.88. The molecule has 120 valence electrons. The van der Waals surface area contributed by atoms with E-state index in [4.69, 9.17) is 0 Å². The quantitative estimate of drug-likeness (QED) is 0.665. The number of hydrogen-bond acceptors (Lipinski definition) is 3. The van der Waals surface area contributed by atoms with Gasteiger partial charge in [-0.3, -0.25) is 9.78 Å². The highest BCUT2D eigenvalue weighted by Gasteiger charge is 2.11. The lowest BCUT2D eigenvalue weighted by Crippen LogP contribution is -2.14. The predicted octanol–water partition coefficient (Wildman–Crippen LogP) is 4.98. The maximum Gasteiger partial charge on any atom is 0.274 e. The van der Waals surface area contributed by atoms with Crippen LogP contribution in [0, 0.1) is 5.82 Å². The summed E-state index contributed by atoms with van der Waals surface area (Å²) in [5, 5.41) is 5.72. The molecule has 0 bridgehead atoms. The van der Waals surface area contributed by atoms with Gasteiger partial charge in [0.1, 0.15) is 11.5 Å². The van der Waals surface area contributed by atoms with Crippen molar-refractivity contribution in [3.05, 3.63) is 82.8 Å². The monoisotopic (exact) mass is 385 g/mol. The molecule has 3 aromatic rings. The van der Waals surface area contributed by atoms with Crippen LogP contribution in [-0.2, 0) is 0 Å². The minimum Gasteiger partial charge on any atom is -0.354 e. The molecule has 0 saturated heterocycles. The van der Waals surface area contributed by atoms with Crippen molar-refractivity contribution in [3.63, 3.8) is 0 Å². The highest BCUT2D eigenvalue weighted by Crippen LogP contribution is 2.25. The van der Waals surface area contributed by atoms with Crippen LogP contribution in [0.4, 0.5) is 21.5 Å². The average molecular weight is 386 g/mol. The van der Waals surface area contributed by atoms with E-state index in [-0.39, 0.29) is 11.4 Å². The van der Waals surface area contributed by atoms with Gasteiger partial charge in [-0.2, -0.15) is 0 Å². The summed E-state index contributed by atoms with van der Waals surface area (Å²) in [7, 11) is 0. The molecule has 0 atom stereocenters. The molecule has 1 amide bonds. The van der Waals surface area contributed by atoms with Crippen molar-refractivity contribution >= 4 is 38.9 Å². The van der Waals surface area contributed by atoms with Gasteiger partial charge in [-0.1, -0.05) is 24.3 Å². The van der Waals surface area contributed by atoms with Crippen LogP contribution >= 0.6 is 15.9 Å². The van der Waals surface area contributed by atoms with Crippen molar-refractivity contribution < 1.29 is 9.18 Å². The molecule has 0 aliphatic carbocycles. The third-order valence-electron chi connectivity index (χ3n) is 3.27. The number of nitrogens with zero attached hydrogens (tertiary/aromatic N) is 1. The van der Waals surface area contributed by atoms with Gasteiger partial charge in [-0.05, 0) is 52.3 Å². The Balaban J connectivity index is 1.79. The Hall–Kier alpha value is -2.73. The molecule has 0 unspecified atom stereocenters. The maximum absolute atomic E-state index is 13.6. The third kappa shape index (κ3) is 3.78. The first-order chi connectivity index (χ1) is 11.6. The van der Waals surface area contributed by atoms with E-state index in [2.05, 4.69) is 31.5 Å². The molecular formula is C18H13BrFN3O. The second kappa shape index (κ2) is 7.23. The fourth-order valence-electron chi connectivity index (χ4n) is 2.10. The summed E-state index contributed by atoms with van der Waals surface area (Å²) in [4.78, 5) is 16.3.